The SMILES string of the molecule is [2H]C([2H])([2H])Nc1ncc(C#Cc2cnn([C@H]3C[C@@H]3COC)c2)c2cc(NC(=O)[C@H]3C[C@H]3C)nnc12. The van der Waals surface area contributed by atoms with Gasteiger partial charge in [0.05, 0.1) is 30.0 Å². The minimum absolute atomic E-state index is 0.0246. The highest BCUT2D eigenvalue weighted by atomic mass is 16.5. The summed E-state index contributed by atoms with van der Waals surface area (Å²) in [6.07, 6.45) is 6.97. The Morgan fingerprint density at radius 3 is 3.00 bits per heavy atom. The molecule has 1 amide bonds. The minimum atomic E-state index is -2.46. The number of methoxy groups -OCH3 is 1. The molecule has 0 bridgehead atoms. The van der Waals surface area contributed by atoms with E-state index in [2.05, 4.69) is 42.8 Å². The lowest BCUT2D eigenvalue weighted by Crippen LogP contribution is -2.16. The number of nitrogens with one attached hydrogen (secondary N) is 2. The molecule has 2 saturated carbocycles. The van der Waals surface area contributed by atoms with Gasteiger partial charge in [-0.15, -0.1) is 10.2 Å². The Labute approximate surface area is 190 Å². The van der Waals surface area contributed by atoms with Crippen molar-refractivity contribution in [1.82, 2.24) is 25.0 Å². The zero-order valence-electron chi connectivity index (χ0n) is 20.8. The van der Waals surface area contributed by atoms with Gasteiger partial charge in [0.25, 0.3) is 0 Å². The number of nitrogens with zero attached hydrogens (tertiary/aromatic N) is 5. The predicted octanol–water partition coefficient (Wildman–Crippen LogP) is 2.46. The molecular formula is C23H25N7O2. The third-order valence-electron chi connectivity index (χ3n) is 6.00. The zero-order chi connectivity index (χ0) is 24.7. The molecule has 3 heterocycles. The van der Waals surface area contributed by atoms with E-state index in [4.69, 9.17) is 8.85 Å². The summed E-state index contributed by atoms with van der Waals surface area (Å²) in [6, 6.07) is 1.97. The van der Waals surface area contributed by atoms with Crippen LogP contribution in [0.15, 0.2) is 24.7 Å². The molecule has 9 heteroatoms. The average molecular weight is 435 g/mol. The highest BCUT2D eigenvalue weighted by molar-refractivity contribution is 5.97. The van der Waals surface area contributed by atoms with Gasteiger partial charge in [-0.05, 0) is 24.8 Å². The van der Waals surface area contributed by atoms with Crippen molar-refractivity contribution in [3.05, 3.63) is 35.8 Å². The summed E-state index contributed by atoms with van der Waals surface area (Å²) >= 11 is 0. The number of pyridine rings is 1. The molecular weight excluding hydrogens is 406 g/mol. The van der Waals surface area contributed by atoms with Gasteiger partial charge in [0.1, 0.15) is 5.52 Å². The maximum Gasteiger partial charge on any atom is 0.228 e. The normalized spacial score (nSPS) is 25.1. The third kappa shape index (κ3) is 4.01. The smallest absolute Gasteiger partial charge is 0.228 e. The molecule has 3 aromatic rings. The molecule has 0 radical (unpaired) electrons. The van der Waals surface area contributed by atoms with E-state index in [1.54, 1.807) is 19.4 Å². The standard InChI is InChI=1S/C23H25N7O2/c1-13-6-17(13)23(31)27-20-8-18-15(10-25-22(24-2)21(18)29-28-20)5-4-14-9-26-30(11-14)19-7-16(19)12-32-3/h8-11,13,16-17,19H,6-7,12H2,1-3H3,(H,24,25)(H,27,28,31)/t13-,16-,17+,19+/m1/s1/i2D3. The fourth-order valence-corrected chi connectivity index (χ4v) is 3.86. The Hall–Kier alpha value is -3.51. The van der Waals surface area contributed by atoms with Gasteiger partial charge in [-0.2, -0.15) is 5.10 Å². The average Bonchev–Trinajstić information content (AvgIpc) is 3.68. The van der Waals surface area contributed by atoms with Crippen molar-refractivity contribution in [2.24, 2.45) is 17.8 Å². The van der Waals surface area contributed by atoms with Crippen LogP contribution in [0.2, 0.25) is 0 Å². The van der Waals surface area contributed by atoms with Crippen LogP contribution in [0.4, 0.5) is 11.6 Å². The van der Waals surface area contributed by atoms with Crippen molar-refractivity contribution in [2.45, 2.75) is 25.8 Å². The Morgan fingerprint density at radius 2 is 2.22 bits per heavy atom. The highest BCUT2D eigenvalue weighted by Crippen LogP contribution is 2.42. The van der Waals surface area contributed by atoms with E-state index in [1.807, 2.05) is 17.8 Å². The molecule has 0 aromatic carbocycles. The number of carbonyl (C=O) groups excluding carboxylic acids is 1. The maximum absolute atomic E-state index is 12.4. The molecule has 2 fully saturated rings. The van der Waals surface area contributed by atoms with Gasteiger partial charge >= 0.3 is 0 Å². The Balaban J connectivity index is 1.45. The molecule has 4 atom stereocenters. The van der Waals surface area contributed by atoms with Crippen LogP contribution in [0.5, 0.6) is 0 Å². The first-order chi connectivity index (χ1) is 16.7. The second-order valence-electron chi connectivity index (χ2n) is 8.42. The second kappa shape index (κ2) is 8.20. The van der Waals surface area contributed by atoms with Crippen molar-refractivity contribution in [3.63, 3.8) is 0 Å². The van der Waals surface area contributed by atoms with Crippen molar-refractivity contribution in [3.8, 4) is 11.8 Å². The largest absolute Gasteiger partial charge is 0.384 e. The van der Waals surface area contributed by atoms with E-state index < -0.39 is 6.98 Å². The van der Waals surface area contributed by atoms with E-state index in [0.717, 1.165) is 18.4 Å². The van der Waals surface area contributed by atoms with E-state index >= 15 is 0 Å². The number of fused-ring (bicyclic) bond motifs is 1. The van der Waals surface area contributed by atoms with Crippen molar-refractivity contribution >= 4 is 28.4 Å². The topological polar surface area (TPSA) is 107 Å². The van der Waals surface area contributed by atoms with Crippen molar-refractivity contribution in [1.29, 1.82) is 0 Å². The van der Waals surface area contributed by atoms with Crippen LogP contribution >= 0.6 is 0 Å². The van der Waals surface area contributed by atoms with E-state index in [0.29, 0.717) is 35.4 Å². The summed E-state index contributed by atoms with van der Waals surface area (Å²) in [6.45, 7) is 0.271. The van der Waals surface area contributed by atoms with Crippen LogP contribution in [0.3, 0.4) is 0 Å². The van der Waals surface area contributed by atoms with Gasteiger partial charge < -0.3 is 15.4 Å². The second-order valence-corrected chi connectivity index (χ2v) is 8.42. The van der Waals surface area contributed by atoms with Gasteiger partial charge in [0.2, 0.25) is 5.91 Å². The molecule has 0 unspecified atom stereocenters. The van der Waals surface area contributed by atoms with Crippen LogP contribution in [0.25, 0.3) is 10.9 Å². The van der Waals surface area contributed by atoms with Gasteiger partial charge in [-0.25, -0.2) is 4.98 Å². The minimum Gasteiger partial charge on any atom is -0.384 e. The molecule has 32 heavy (non-hydrogen) atoms. The van der Waals surface area contributed by atoms with Gasteiger partial charge in [-0.1, -0.05) is 18.8 Å². The van der Waals surface area contributed by atoms with Crippen LogP contribution < -0.4 is 10.6 Å². The Morgan fingerprint density at radius 1 is 1.34 bits per heavy atom. The first-order valence-electron chi connectivity index (χ1n) is 12.0. The predicted molar refractivity (Wildman–Crippen MR) is 120 cm³/mol. The number of ether oxygens (including phenoxy) is 1. The lowest BCUT2D eigenvalue weighted by Gasteiger charge is -2.08. The summed E-state index contributed by atoms with van der Waals surface area (Å²) in [5.41, 5.74) is 1.52. The van der Waals surface area contributed by atoms with Crippen LogP contribution in [-0.2, 0) is 9.53 Å². The van der Waals surface area contributed by atoms with E-state index in [9.17, 15) is 4.79 Å². The highest BCUT2D eigenvalue weighted by Gasteiger charge is 2.40. The monoisotopic (exact) mass is 434 g/mol. The molecule has 0 saturated heterocycles. The summed E-state index contributed by atoms with van der Waals surface area (Å²) in [4.78, 5) is 16.6. The van der Waals surface area contributed by atoms with Gasteiger partial charge in [0, 0.05) is 47.8 Å². The lowest BCUT2D eigenvalue weighted by atomic mass is 10.1. The maximum atomic E-state index is 12.4. The molecule has 164 valence electrons. The number of rotatable bonds is 6. The van der Waals surface area contributed by atoms with Crippen LogP contribution in [0.1, 0.15) is 41.0 Å². The van der Waals surface area contributed by atoms with Crippen LogP contribution in [0, 0.1) is 29.6 Å². The molecule has 2 N–H and O–H groups in total. The summed E-state index contributed by atoms with van der Waals surface area (Å²) in [5, 5.41) is 18.4. The lowest BCUT2D eigenvalue weighted by molar-refractivity contribution is -0.117. The first-order valence-corrected chi connectivity index (χ1v) is 10.5. The van der Waals surface area contributed by atoms with Gasteiger partial charge in [0.15, 0.2) is 11.6 Å². The molecule has 2 aliphatic rings. The van der Waals surface area contributed by atoms with E-state index in [-0.39, 0.29) is 29.0 Å². The number of carbonyl (C=O) groups is 1. The number of amides is 1. The fraction of sp³-hybridized carbons (Fsp3) is 0.435. The van der Waals surface area contributed by atoms with Crippen molar-refractivity contribution in [2.75, 3.05) is 31.3 Å². The third-order valence-corrected chi connectivity index (χ3v) is 6.00. The van der Waals surface area contributed by atoms with Crippen molar-refractivity contribution < 1.29 is 13.6 Å². The zero-order valence-corrected chi connectivity index (χ0v) is 17.8. The summed E-state index contributed by atoms with van der Waals surface area (Å²) in [7, 11) is 1.69. The first kappa shape index (κ1) is 17.1. The van der Waals surface area contributed by atoms with Gasteiger partial charge in [-0.3, -0.25) is 9.48 Å². The fourth-order valence-electron chi connectivity index (χ4n) is 3.86. The summed E-state index contributed by atoms with van der Waals surface area (Å²) < 4.78 is 29.7. The number of aromatic nitrogens is 5. The summed E-state index contributed by atoms with van der Waals surface area (Å²) in [5.74, 6) is 7.22. The molecule has 2 aliphatic carbocycles. The molecule has 9 nitrogen and oxygen atoms in total. The molecule has 0 spiro atoms. The molecule has 0 aliphatic heterocycles. The Kier molecular flexibility index (Phi) is 4.38. The molecule has 5 rings (SSSR count). The number of hydrogen-bond donors (Lipinski definition) is 2. The van der Waals surface area contributed by atoms with E-state index in [1.165, 1.54) is 6.20 Å². The number of hydrogen-bond acceptors (Lipinski definition) is 7. The number of anilines is 2. The van der Waals surface area contributed by atoms with Crippen LogP contribution in [-0.4, -0.2) is 51.6 Å². The quantitative estimate of drug-likeness (QED) is 0.574. The molecule has 3 aromatic heterocycles. The Bertz CT molecular complexity index is 1340.